The molecule has 3 heterocycles. The first-order valence-corrected chi connectivity index (χ1v) is 10.5. The molecule has 2 N–H and O–H groups in total. The van der Waals surface area contributed by atoms with Crippen LogP contribution in [0.1, 0.15) is 17.9 Å². The van der Waals surface area contributed by atoms with Gasteiger partial charge in [-0.2, -0.15) is 0 Å². The van der Waals surface area contributed by atoms with Gasteiger partial charge in [-0.25, -0.2) is 9.78 Å². The number of benzene rings is 1. The lowest BCUT2D eigenvalue weighted by Gasteiger charge is -2.40. The molecule has 3 aromatic rings. The number of carbonyl (C=O) groups is 1. The standard InChI is InChI=1S/C23H24ClN5O2/c1-31-19-5-2-16(3-6-19)20-15-29(18-8-11-25-12-9-18)13-10-21(20)27-23(30)28-22-7-4-17(24)14-26-22/h2-9,11-12,14,20-21H,10,13,15H2,1H3,(H2,26,27,28,30)/t20-,21?/m0/s1. The summed E-state index contributed by atoms with van der Waals surface area (Å²) in [4.78, 5) is 23.2. The molecule has 0 aliphatic carbocycles. The molecule has 1 saturated heterocycles. The molecule has 2 atom stereocenters. The molecule has 0 bridgehead atoms. The second-order valence-electron chi connectivity index (χ2n) is 7.39. The number of amides is 2. The number of aromatic nitrogens is 2. The topological polar surface area (TPSA) is 79.4 Å². The Balaban J connectivity index is 1.51. The summed E-state index contributed by atoms with van der Waals surface area (Å²) < 4.78 is 5.30. The predicted molar refractivity (Wildman–Crippen MR) is 122 cm³/mol. The minimum atomic E-state index is -0.282. The highest BCUT2D eigenvalue weighted by atomic mass is 35.5. The van der Waals surface area contributed by atoms with Gasteiger partial charge < -0.3 is 15.0 Å². The van der Waals surface area contributed by atoms with Gasteiger partial charge in [-0.1, -0.05) is 23.7 Å². The number of hydrogen-bond donors (Lipinski definition) is 2. The Morgan fingerprint density at radius 2 is 1.90 bits per heavy atom. The van der Waals surface area contributed by atoms with Gasteiger partial charge in [0.25, 0.3) is 0 Å². The van der Waals surface area contributed by atoms with Gasteiger partial charge in [-0.15, -0.1) is 0 Å². The first-order chi connectivity index (χ1) is 15.1. The van der Waals surface area contributed by atoms with Crippen LogP contribution >= 0.6 is 11.6 Å². The highest BCUT2D eigenvalue weighted by Gasteiger charge is 2.32. The minimum Gasteiger partial charge on any atom is -0.497 e. The number of pyridine rings is 2. The molecule has 1 aliphatic rings. The van der Waals surface area contributed by atoms with E-state index in [0.29, 0.717) is 10.8 Å². The quantitative estimate of drug-likeness (QED) is 0.621. The maximum absolute atomic E-state index is 12.7. The fourth-order valence-electron chi connectivity index (χ4n) is 3.87. The van der Waals surface area contributed by atoms with Crippen LogP contribution in [0.25, 0.3) is 0 Å². The number of hydrogen-bond acceptors (Lipinski definition) is 5. The van der Waals surface area contributed by atoms with E-state index in [0.717, 1.165) is 36.5 Å². The number of carbonyl (C=O) groups excluding carboxylic acids is 1. The summed E-state index contributed by atoms with van der Waals surface area (Å²) in [5.41, 5.74) is 2.27. The van der Waals surface area contributed by atoms with E-state index >= 15 is 0 Å². The Morgan fingerprint density at radius 1 is 1.13 bits per heavy atom. The predicted octanol–water partition coefficient (Wildman–Crippen LogP) is 4.32. The number of nitrogens with one attached hydrogen (secondary N) is 2. The first kappa shape index (κ1) is 20.9. The van der Waals surface area contributed by atoms with Crippen molar-refractivity contribution in [2.24, 2.45) is 0 Å². The van der Waals surface area contributed by atoms with Crippen LogP contribution in [0.15, 0.2) is 67.1 Å². The van der Waals surface area contributed by atoms with Crippen LogP contribution in [0.4, 0.5) is 16.3 Å². The molecule has 0 saturated carbocycles. The Bertz CT molecular complexity index is 999. The number of piperidine rings is 1. The normalized spacial score (nSPS) is 18.3. The molecule has 1 fully saturated rings. The summed E-state index contributed by atoms with van der Waals surface area (Å²) in [6, 6.07) is 15.1. The molecule has 1 aliphatic heterocycles. The van der Waals surface area contributed by atoms with Crippen molar-refractivity contribution < 1.29 is 9.53 Å². The second-order valence-corrected chi connectivity index (χ2v) is 7.82. The van der Waals surface area contributed by atoms with Gasteiger partial charge in [0.1, 0.15) is 11.6 Å². The van der Waals surface area contributed by atoms with Crippen molar-refractivity contribution in [3.63, 3.8) is 0 Å². The average molecular weight is 438 g/mol. The average Bonchev–Trinajstić information content (AvgIpc) is 2.81. The summed E-state index contributed by atoms with van der Waals surface area (Å²) in [7, 11) is 1.65. The zero-order valence-electron chi connectivity index (χ0n) is 17.2. The molecule has 1 aromatic carbocycles. The minimum absolute atomic E-state index is 0.0289. The third kappa shape index (κ3) is 5.24. The van der Waals surface area contributed by atoms with Crippen molar-refractivity contribution in [1.29, 1.82) is 0 Å². The van der Waals surface area contributed by atoms with E-state index in [1.807, 2.05) is 24.3 Å². The second kappa shape index (κ2) is 9.66. The van der Waals surface area contributed by atoms with Crippen molar-refractivity contribution in [3.05, 3.63) is 77.7 Å². The van der Waals surface area contributed by atoms with Gasteiger partial charge in [0, 0.05) is 49.3 Å². The van der Waals surface area contributed by atoms with Crippen LogP contribution in [0.3, 0.4) is 0 Å². The third-order valence-corrected chi connectivity index (χ3v) is 5.69. The van der Waals surface area contributed by atoms with Crippen molar-refractivity contribution >= 4 is 29.1 Å². The van der Waals surface area contributed by atoms with E-state index in [1.165, 1.54) is 6.20 Å². The number of nitrogens with zero attached hydrogens (tertiary/aromatic N) is 3. The highest BCUT2D eigenvalue weighted by Crippen LogP contribution is 2.31. The first-order valence-electron chi connectivity index (χ1n) is 10.1. The Kier molecular flexibility index (Phi) is 6.52. The van der Waals surface area contributed by atoms with Gasteiger partial charge in [0.2, 0.25) is 0 Å². The smallest absolute Gasteiger partial charge is 0.320 e. The summed E-state index contributed by atoms with van der Waals surface area (Å²) in [5, 5.41) is 6.45. The molecule has 8 heteroatoms. The molecular weight excluding hydrogens is 414 g/mol. The van der Waals surface area contributed by atoms with Crippen LogP contribution < -0.4 is 20.3 Å². The largest absolute Gasteiger partial charge is 0.497 e. The molecule has 31 heavy (non-hydrogen) atoms. The zero-order valence-corrected chi connectivity index (χ0v) is 17.9. The van der Waals surface area contributed by atoms with Crippen LogP contribution in [-0.2, 0) is 0 Å². The zero-order chi connectivity index (χ0) is 21.6. The van der Waals surface area contributed by atoms with Crippen LogP contribution in [0.5, 0.6) is 5.75 Å². The van der Waals surface area contributed by atoms with Crippen molar-refractivity contribution in [3.8, 4) is 5.75 Å². The van der Waals surface area contributed by atoms with E-state index in [9.17, 15) is 4.79 Å². The SMILES string of the molecule is COc1ccc([C@@H]2CN(c3ccncc3)CCC2NC(=O)Nc2ccc(Cl)cn2)cc1. The number of rotatable bonds is 5. The lowest BCUT2D eigenvalue weighted by molar-refractivity contribution is 0.243. The fraction of sp³-hybridized carbons (Fsp3) is 0.261. The number of methoxy groups -OCH3 is 1. The van der Waals surface area contributed by atoms with Gasteiger partial charge in [0.15, 0.2) is 0 Å². The number of halogens is 1. The highest BCUT2D eigenvalue weighted by molar-refractivity contribution is 6.30. The van der Waals surface area contributed by atoms with E-state index in [4.69, 9.17) is 16.3 Å². The Labute approximate surface area is 186 Å². The molecule has 2 aromatic heterocycles. The molecule has 0 spiro atoms. The van der Waals surface area contributed by atoms with Gasteiger partial charge in [-0.05, 0) is 48.4 Å². The number of ether oxygens (including phenoxy) is 1. The molecule has 1 unspecified atom stereocenters. The lowest BCUT2D eigenvalue weighted by Crippen LogP contribution is -2.51. The van der Waals surface area contributed by atoms with E-state index in [1.54, 1.807) is 31.6 Å². The van der Waals surface area contributed by atoms with Crippen LogP contribution in [-0.4, -0.2) is 42.2 Å². The van der Waals surface area contributed by atoms with Crippen molar-refractivity contribution in [2.75, 3.05) is 30.4 Å². The molecule has 7 nitrogen and oxygen atoms in total. The Morgan fingerprint density at radius 3 is 2.58 bits per heavy atom. The Hall–Kier alpha value is -3.32. The van der Waals surface area contributed by atoms with Gasteiger partial charge in [-0.3, -0.25) is 10.3 Å². The van der Waals surface area contributed by atoms with Crippen molar-refractivity contribution in [1.82, 2.24) is 15.3 Å². The van der Waals surface area contributed by atoms with E-state index in [2.05, 4.69) is 37.6 Å². The summed E-state index contributed by atoms with van der Waals surface area (Å²) in [6.07, 6.45) is 5.91. The summed E-state index contributed by atoms with van der Waals surface area (Å²) in [6.45, 7) is 1.61. The number of urea groups is 1. The van der Waals surface area contributed by atoms with E-state index in [-0.39, 0.29) is 18.0 Å². The van der Waals surface area contributed by atoms with Gasteiger partial charge in [0.05, 0.1) is 12.1 Å². The van der Waals surface area contributed by atoms with E-state index < -0.39 is 0 Å². The monoisotopic (exact) mass is 437 g/mol. The lowest BCUT2D eigenvalue weighted by atomic mass is 9.85. The van der Waals surface area contributed by atoms with Crippen LogP contribution in [0.2, 0.25) is 5.02 Å². The summed E-state index contributed by atoms with van der Waals surface area (Å²) in [5.74, 6) is 1.37. The van der Waals surface area contributed by atoms with Gasteiger partial charge >= 0.3 is 6.03 Å². The molecule has 0 radical (unpaired) electrons. The van der Waals surface area contributed by atoms with Crippen LogP contribution in [0, 0.1) is 0 Å². The molecule has 2 amide bonds. The maximum Gasteiger partial charge on any atom is 0.320 e. The molecule has 4 rings (SSSR count). The molecule has 160 valence electrons. The number of anilines is 2. The third-order valence-electron chi connectivity index (χ3n) is 5.47. The maximum atomic E-state index is 12.7. The summed E-state index contributed by atoms with van der Waals surface area (Å²) >= 11 is 5.87. The fourth-order valence-corrected chi connectivity index (χ4v) is 3.99. The molecular formula is C23H24ClN5O2. The van der Waals surface area contributed by atoms with Crippen molar-refractivity contribution in [2.45, 2.75) is 18.4 Å².